The summed E-state index contributed by atoms with van der Waals surface area (Å²) in [6, 6.07) is 11.6. The van der Waals surface area contributed by atoms with E-state index in [1.807, 2.05) is 6.07 Å². The molecule has 0 fully saturated rings. The lowest BCUT2D eigenvalue weighted by Gasteiger charge is -2.12. The third kappa shape index (κ3) is 4.77. The summed E-state index contributed by atoms with van der Waals surface area (Å²) >= 11 is 0. The first-order valence-corrected chi connectivity index (χ1v) is 7.91. The Bertz CT molecular complexity index is 759. The summed E-state index contributed by atoms with van der Waals surface area (Å²) in [6.45, 7) is 3.77. The van der Waals surface area contributed by atoms with Gasteiger partial charge >= 0.3 is 0 Å². The number of anilines is 1. The van der Waals surface area contributed by atoms with E-state index in [9.17, 15) is 14.9 Å². The van der Waals surface area contributed by atoms with Crippen LogP contribution < -0.4 is 10.6 Å². The zero-order valence-electron chi connectivity index (χ0n) is 14.2. The Morgan fingerprint density at radius 2 is 1.92 bits per heavy atom. The van der Waals surface area contributed by atoms with Gasteiger partial charge < -0.3 is 15.7 Å². The van der Waals surface area contributed by atoms with Crippen LogP contribution in [0.25, 0.3) is 0 Å². The van der Waals surface area contributed by atoms with E-state index in [2.05, 4.69) is 10.6 Å². The lowest BCUT2D eigenvalue weighted by molar-refractivity contribution is -0.385. The van der Waals surface area contributed by atoms with Crippen LogP contribution in [0.3, 0.4) is 0 Å². The highest BCUT2D eigenvalue weighted by Gasteiger charge is 2.13. The Labute approximate surface area is 145 Å². The van der Waals surface area contributed by atoms with Crippen LogP contribution in [0.2, 0.25) is 0 Å². The monoisotopic (exact) mass is 343 g/mol. The molecule has 132 valence electrons. The zero-order chi connectivity index (χ0) is 18.4. The Kier molecular flexibility index (Phi) is 6.08. The smallest absolute Gasteiger partial charge is 0.272 e. The highest BCUT2D eigenvalue weighted by atomic mass is 16.6. The standard InChI is InChI=1S/C18H21N3O4/c1-12(11-22)20-18(23)14-6-8-16(9-7-14)19-10-15-4-3-5-17(13(15)2)21(24)25/h3-9,12,19,22H,10-11H2,1-2H3,(H,20,23). The third-order valence-corrected chi connectivity index (χ3v) is 3.90. The van der Waals surface area contributed by atoms with E-state index in [1.165, 1.54) is 6.07 Å². The molecule has 0 saturated carbocycles. The molecule has 1 atom stereocenters. The van der Waals surface area contributed by atoms with Gasteiger partial charge in [0.25, 0.3) is 11.6 Å². The van der Waals surface area contributed by atoms with Crippen molar-refractivity contribution in [1.29, 1.82) is 0 Å². The van der Waals surface area contributed by atoms with E-state index in [0.717, 1.165) is 11.3 Å². The van der Waals surface area contributed by atoms with Gasteiger partial charge in [-0.05, 0) is 43.7 Å². The minimum absolute atomic E-state index is 0.101. The number of carbonyl (C=O) groups excluding carboxylic acids is 1. The van der Waals surface area contributed by atoms with Crippen LogP contribution in [0.1, 0.15) is 28.4 Å². The number of aliphatic hydroxyl groups excluding tert-OH is 1. The fraction of sp³-hybridized carbons (Fsp3) is 0.278. The molecule has 0 spiro atoms. The van der Waals surface area contributed by atoms with Crippen molar-refractivity contribution in [2.24, 2.45) is 0 Å². The van der Waals surface area contributed by atoms with Gasteiger partial charge in [0.05, 0.1) is 11.5 Å². The van der Waals surface area contributed by atoms with Crippen molar-refractivity contribution < 1.29 is 14.8 Å². The lowest BCUT2D eigenvalue weighted by atomic mass is 10.1. The summed E-state index contributed by atoms with van der Waals surface area (Å²) in [5.41, 5.74) is 2.88. The molecule has 0 heterocycles. The normalized spacial score (nSPS) is 11.6. The van der Waals surface area contributed by atoms with Crippen molar-refractivity contribution >= 4 is 17.3 Å². The number of nitro groups is 1. The summed E-state index contributed by atoms with van der Waals surface area (Å²) in [6.07, 6.45) is 0. The van der Waals surface area contributed by atoms with Gasteiger partial charge in [0.2, 0.25) is 0 Å². The van der Waals surface area contributed by atoms with Gasteiger partial charge in [-0.1, -0.05) is 12.1 Å². The first kappa shape index (κ1) is 18.4. The number of rotatable bonds is 7. The van der Waals surface area contributed by atoms with Crippen molar-refractivity contribution in [1.82, 2.24) is 5.32 Å². The molecule has 1 unspecified atom stereocenters. The van der Waals surface area contributed by atoms with E-state index in [4.69, 9.17) is 5.11 Å². The van der Waals surface area contributed by atoms with Crippen LogP contribution >= 0.6 is 0 Å². The Morgan fingerprint density at radius 1 is 1.24 bits per heavy atom. The molecule has 2 aromatic rings. The second-order valence-electron chi connectivity index (χ2n) is 5.81. The van der Waals surface area contributed by atoms with E-state index in [1.54, 1.807) is 44.2 Å². The number of carbonyl (C=O) groups is 1. The van der Waals surface area contributed by atoms with E-state index >= 15 is 0 Å². The summed E-state index contributed by atoms with van der Waals surface area (Å²) in [7, 11) is 0. The minimum Gasteiger partial charge on any atom is -0.394 e. The summed E-state index contributed by atoms with van der Waals surface area (Å²) in [5, 5.41) is 25.8. The van der Waals surface area contributed by atoms with Gasteiger partial charge in [0.15, 0.2) is 0 Å². The number of amides is 1. The molecular weight excluding hydrogens is 322 g/mol. The number of nitrogens with one attached hydrogen (secondary N) is 2. The van der Waals surface area contributed by atoms with Gasteiger partial charge in [-0.15, -0.1) is 0 Å². The van der Waals surface area contributed by atoms with E-state index < -0.39 is 0 Å². The van der Waals surface area contributed by atoms with Crippen molar-refractivity contribution in [3.8, 4) is 0 Å². The molecule has 25 heavy (non-hydrogen) atoms. The molecule has 0 saturated heterocycles. The summed E-state index contributed by atoms with van der Waals surface area (Å²) in [5.74, 6) is -0.248. The molecule has 7 heteroatoms. The van der Waals surface area contributed by atoms with Crippen LogP contribution in [0.15, 0.2) is 42.5 Å². The molecule has 0 aromatic heterocycles. The van der Waals surface area contributed by atoms with Crippen LogP contribution in [0.4, 0.5) is 11.4 Å². The molecule has 0 aliphatic rings. The van der Waals surface area contributed by atoms with Gasteiger partial charge in [-0.2, -0.15) is 0 Å². The molecule has 0 aliphatic heterocycles. The van der Waals surface area contributed by atoms with E-state index in [-0.39, 0.29) is 29.2 Å². The van der Waals surface area contributed by atoms with Crippen LogP contribution in [-0.2, 0) is 6.54 Å². The Hall–Kier alpha value is -2.93. The molecule has 0 aliphatic carbocycles. The van der Waals surface area contributed by atoms with Gasteiger partial charge in [0, 0.05) is 35.5 Å². The van der Waals surface area contributed by atoms with E-state index in [0.29, 0.717) is 17.7 Å². The van der Waals surface area contributed by atoms with Crippen LogP contribution in [0, 0.1) is 17.0 Å². The Balaban J connectivity index is 2.02. The number of nitrogens with zero attached hydrogens (tertiary/aromatic N) is 1. The maximum atomic E-state index is 11.9. The SMILES string of the molecule is Cc1c(CNc2ccc(C(=O)NC(C)CO)cc2)cccc1[N+](=O)[O-]. The maximum absolute atomic E-state index is 11.9. The number of nitro benzene ring substituents is 1. The topological polar surface area (TPSA) is 104 Å². The molecule has 7 nitrogen and oxygen atoms in total. The highest BCUT2D eigenvalue weighted by Crippen LogP contribution is 2.22. The second kappa shape index (κ2) is 8.25. The predicted molar refractivity (Wildman–Crippen MR) is 95.6 cm³/mol. The average Bonchev–Trinajstić information content (AvgIpc) is 2.60. The second-order valence-corrected chi connectivity index (χ2v) is 5.81. The molecule has 0 radical (unpaired) electrons. The molecule has 1 amide bonds. The van der Waals surface area contributed by atoms with Crippen molar-refractivity contribution in [2.45, 2.75) is 26.4 Å². The lowest BCUT2D eigenvalue weighted by Crippen LogP contribution is -2.34. The van der Waals surface area contributed by atoms with Crippen LogP contribution in [-0.4, -0.2) is 28.6 Å². The average molecular weight is 343 g/mol. The summed E-state index contributed by atoms with van der Waals surface area (Å²) < 4.78 is 0. The number of aliphatic hydroxyl groups is 1. The number of hydrogen-bond donors (Lipinski definition) is 3. The molecule has 2 aromatic carbocycles. The zero-order valence-corrected chi connectivity index (χ0v) is 14.2. The van der Waals surface area contributed by atoms with Gasteiger partial charge in [0.1, 0.15) is 0 Å². The quantitative estimate of drug-likeness (QED) is 0.529. The molecule has 3 N–H and O–H groups in total. The number of benzene rings is 2. The van der Waals surface area contributed by atoms with Crippen LogP contribution in [0.5, 0.6) is 0 Å². The summed E-state index contributed by atoms with van der Waals surface area (Å²) in [4.78, 5) is 22.5. The molecule has 0 bridgehead atoms. The first-order valence-electron chi connectivity index (χ1n) is 7.91. The first-order chi connectivity index (χ1) is 11.9. The Morgan fingerprint density at radius 3 is 2.52 bits per heavy atom. The van der Waals surface area contributed by atoms with Crippen molar-refractivity contribution in [3.05, 3.63) is 69.3 Å². The minimum atomic E-state index is -0.389. The molecular formula is C18H21N3O4. The fourth-order valence-corrected chi connectivity index (χ4v) is 2.35. The maximum Gasteiger partial charge on any atom is 0.272 e. The fourth-order valence-electron chi connectivity index (χ4n) is 2.35. The van der Waals surface area contributed by atoms with Crippen molar-refractivity contribution in [2.75, 3.05) is 11.9 Å². The molecule has 2 rings (SSSR count). The van der Waals surface area contributed by atoms with Crippen molar-refractivity contribution in [3.63, 3.8) is 0 Å². The highest BCUT2D eigenvalue weighted by molar-refractivity contribution is 5.94. The van der Waals surface area contributed by atoms with Gasteiger partial charge in [-0.3, -0.25) is 14.9 Å². The predicted octanol–water partition coefficient (Wildman–Crippen LogP) is 2.63. The number of hydrogen-bond acceptors (Lipinski definition) is 5. The third-order valence-electron chi connectivity index (χ3n) is 3.90. The van der Waals surface area contributed by atoms with Gasteiger partial charge in [-0.25, -0.2) is 0 Å². The largest absolute Gasteiger partial charge is 0.394 e.